The Kier molecular flexibility index (Phi) is 6.75. The molecule has 11 heteroatoms. The van der Waals surface area contributed by atoms with Crippen LogP contribution in [0.3, 0.4) is 0 Å². The summed E-state index contributed by atoms with van der Waals surface area (Å²) >= 11 is 0. The molecule has 0 spiro atoms. The van der Waals surface area contributed by atoms with E-state index in [1.165, 1.54) is 18.3 Å². The van der Waals surface area contributed by atoms with Gasteiger partial charge in [-0.3, -0.25) is 9.88 Å². The van der Waals surface area contributed by atoms with Crippen LogP contribution in [0.4, 0.5) is 18.9 Å². The van der Waals surface area contributed by atoms with E-state index in [-0.39, 0.29) is 5.54 Å². The maximum Gasteiger partial charge on any atom is 0.501 e. The number of nitrogens with zero attached hydrogens (tertiary/aromatic N) is 3. The summed E-state index contributed by atoms with van der Waals surface area (Å²) in [6.45, 7) is 10.8. The fraction of sp³-hybridized carbons (Fsp3) is 0.478. The molecule has 0 saturated carbocycles. The summed E-state index contributed by atoms with van der Waals surface area (Å²) < 4.78 is 67.2. The Balaban J connectivity index is 1.80. The fourth-order valence-corrected chi connectivity index (χ4v) is 4.47. The molecular weight excluding hydrogens is 471 g/mol. The monoisotopic (exact) mass is 499 g/mol. The molecule has 1 aromatic carbocycles. The first kappa shape index (κ1) is 26.0. The number of sulfone groups is 1. The van der Waals surface area contributed by atoms with Crippen molar-refractivity contribution in [3.63, 3.8) is 0 Å². The number of carbonyl (C=O) groups is 1. The Morgan fingerprint density at radius 2 is 1.74 bits per heavy atom. The molecule has 0 N–H and O–H groups in total. The number of carbonyl (C=O) groups excluding carboxylic acids is 1. The summed E-state index contributed by atoms with van der Waals surface area (Å²) in [6.07, 6.45) is 3.08. The first-order chi connectivity index (χ1) is 15.5. The molecule has 1 saturated heterocycles. The van der Waals surface area contributed by atoms with Crippen LogP contribution in [0.1, 0.15) is 50.5 Å². The third-order valence-electron chi connectivity index (χ3n) is 5.48. The number of pyridine rings is 1. The number of halogens is 3. The van der Waals surface area contributed by atoms with Crippen molar-refractivity contribution >= 4 is 21.5 Å². The van der Waals surface area contributed by atoms with E-state index in [0.29, 0.717) is 31.0 Å². The molecule has 3 rings (SSSR count). The zero-order chi connectivity index (χ0) is 25.5. The molecule has 0 amide bonds. The first-order valence-electron chi connectivity index (χ1n) is 10.6. The van der Waals surface area contributed by atoms with Crippen molar-refractivity contribution in [1.29, 1.82) is 0 Å². The Morgan fingerprint density at radius 1 is 1.12 bits per heavy atom. The van der Waals surface area contributed by atoms with Crippen molar-refractivity contribution in [3.05, 3.63) is 53.9 Å². The molecule has 0 unspecified atom stereocenters. The number of hydrogen-bond donors (Lipinski definition) is 0. The molecule has 34 heavy (non-hydrogen) atoms. The molecular formula is C23H28F3N3O4S. The second kappa shape index (κ2) is 8.84. The Hall–Kier alpha value is -2.66. The van der Waals surface area contributed by atoms with Crippen LogP contribution in [0, 0.1) is 0 Å². The molecule has 1 aliphatic heterocycles. The highest BCUT2D eigenvalue weighted by molar-refractivity contribution is 7.92. The maximum atomic E-state index is 12.8. The fourth-order valence-electron chi connectivity index (χ4n) is 3.70. The third-order valence-corrected chi connectivity index (χ3v) is 6.99. The average Bonchev–Trinajstić information content (AvgIpc) is 3.00. The van der Waals surface area contributed by atoms with Gasteiger partial charge >= 0.3 is 11.5 Å². The van der Waals surface area contributed by atoms with Crippen LogP contribution in [0.15, 0.2) is 47.6 Å². The van der Waals surface area contributed by atoms with Crippen LogP contribution in [0.25, 0.3) is 0 Å². The second-order valence-electron chi connectivity index (χ2n) is 9.83. The van der Waals surface area contributed by atoms with E-state index in [4.69, 9.17) is 4.74 Å². The highest BCUT2D eigenvalue weighted by Crippen LogP contribution is 2.34. The number of ether oxygens (including phenoxy) is 1. The van der Waals surface area contributed by atoms with Crippen molar-refractivity contribution < 1.29 is 31.1 Å². The number of rotatable bonds is 5. The topological polar surface area (TPSA) is 79.8 Å². The zero-order valence-electron chi connectivity index (χ0n) is 19.7. The summed E-state index contributed by atoms with van der Waals surface area (Å²) in [7, 11) is -5.40. The smallest absolute Gasteiger partial charge is 0.456 e. The van der Waals surface area contributed by atoms with Gasteiger partial charge in [-0.05, 0) is 70.5 Å². The van der Waals surface area contributed by atoms with Gasteiger partial charge in [0.1, 0.15) is 5.60 Å². The molecule has 7 nitrogen and oxygen atoms in total. The van der Waals surface area contributed by atoms with Crippen molar-refractivity contribution in [2.75, 3.05) is 18.1 Å². The van der Waals surface area contributed by atoms with Crippen molar-refractivity contribution in [3.8, 4) is 0 Å². The first-order valence-corrected chi connectivity index (χ1v) is 12.1. The third kappa shape index (κ3) is 5.52. The van der Waals surface area contributed by atoms with Gasteiger partial charge in [-0.25, -0.2) is 13.2 Å². The molecule has 2 aromatic rings. The van der Waals surface area contributed by atoms with Gasteiger partial charge in [0, 0.05) is 36.7 Å². The lowest BCUT2D eigenvalue weighted by Crippen LogP contribution is -2.40. The normalized spacial score (nSPS) is 17.1. The van der Waals surface area contributed by atoms with Gasteiger partial charge in [0.25, 0.3) is 9.84 Å². The molecule has 1 aromatic heterocycles. The van der Waals surface area contributed by atoms with Gasteiger partial charge in [0.15, 0.2) is 0 Å². The molecule has 0 bridgehead atoms. The maximum absolute atomic E-state index is 12.8. The van der Waals surface area contributed by atoms with E-state index in [1.807, 2.05) is 18.7 Å². The molecule has 2 heterocycles. The summed E-state index contributed by atoms with van der Waals surface area (Å²) in [6, 6.07) is 6.44. The number of esters is 1. The van der Waals surface area contributed by atoms with E-state index in [1.54, 1.807) is 33.0 Å². The lowest BCUT2D eigenvalue weighted by molar-refractivity contribution is -0.0436. The highest BCUT2D eigenvalue weighted by atomic mass is 32.2. The van der Waals surface area contributed by atoms with Gasteiger partial charge in [0.2, 0.25) is 0 Å². The summed E-state index contributed by atoms with van der Waals surface area (Å²) in [5, 5.41) is 0. The molecule has 0 atom stereocenters. The number of hydrogen-bond acceptors (Lipinski definition) is 7. The molecule has 186 valence electrons. The number of anilines is 1. The Labute approximate surface area is 197 Å². The highest BCUT2D eigenvalue weighted by Gasteiger charge is 2.47. The van der Waals surface area contributed by atoms with Crippen LogP contribution in [-0.4, -0.2) is 54.1 Å². The average molecular weight is 500 g/mol. The minimum absolute atomic E-state index is 0.342. The number of aromatic nitrogens is 1. The van der Waals surface area contributed by atoms with Gasteiger partial charge in [0.05, 0.1) is 17.1 Å². The van der Waals surface area contributed by atoms with Gasteiger partial charge < -0.3 is 9.64 Å². The molecule has 0 radical (unpaired) electrons. The SMILES string of the molecule is CC(C)(C)OC(=O)c1cnccc1CN1CN(c2ccc(S(=O)(=O)C(F)(F)F)cc2)CC1(C)C. The van der Waals surface area contributed by atoms with Crippen molar-refractivity contribution in [1.82, 2.24) is 9.88 Å². The van der Waals surface area contributed by atoms with Gasteiger partial charge in [-0.15, -0.1) is 0 Å². The van der Waals surface area contributed by atoms with Gasteiger partial charge in [-0.1, -0.05) is 0 Å². The summed E-state index contributed by atoms with van der Waals surface area (Å²) in [5.74, 6) is -0.467. The lowest BCUT2D eigenvalue weighted by Gasteiger charge is -2.30. The summed E-state index contributed by atoms with van der Waals surface area (Å²) in [4.78, 5) is 20.0. The Bertz CT molecular complexity index is 1160. The largest absolute Gasteiger partial charge is 0.501 e. The predicted octanol–water partition coefficient (Wildman–Crippen LogP) is 4.39. The summed E-state index contributed by atoms with van der Waals surface area (Å²) in [5.41, 5.74) is -4.64. The number of alkyl halides is 3. The quantitative estimate of drug-likeness (QED) is 0.565. The zero-order valence-corrected chi connectivity index (χ0v) is 20.5. The molecule has 0 aliphatic carbocycles. The van der Waals surface area contributed by atoms with Crippen LogP contribution < -0.4 is 4.90 Å². The van der Waals surface area contributed by atoms with E-state index in [0.717, 1.165) is 17.7 Å². The lowest BCUT2D eigenvalue weighted by atomic mass is 10.0. The van der Waals surface area contributed by atoms with Crippen molar-refractivity contribution in [2.45, 2.75) is 62.7 Å². The van der Waals surface area contributed by atoms with Crippen LogP contribution in [0.5, 0.6) is 0 Å². The molecule has 1 fully saturated rings. The van der Waals surface area contributed by atoms with E-state index < -0.39 is 31.8 Å². The minimum Gasteiger partial charge on any atom is -0.456 e. The Morgan fingerprint density at radius 3 is 2.29 bits per heavy atom. The van der Waals surface area contributed by atoms with E-state index in [9.17, 15) is 26.4 Å². The van der Waals surface area contributed by atoms with Crippen LogP contribution >= 0.6 is 0 Å². The predicted molar refractivity (Wildman–Crippen MR) is 121 cm³/mol. The number of benzene rings is 1. The van der Waals surface area contributed by atoms with Crippen LogP contribution in [-0.2, 0) is 21.1 Å². The van der Waals surface area contributed by atoms with Crippen LogP contribution in [0.2, 0.25) is 0 Å². The van der Waals surface area contributed by atoms with E-state index >= 15 is 0 Å². The van der Waals surface area contributed by atoms with Crippen molar-refractivity contribution in [2.24, 2.45) is 0 Å². The molecule has 1 aliphatic rings. The second-order valence-corrected chi connectivity index (χ2v) is 11.8. The minimum atomic E-state index is -5.40. The van der Waals surface area contributed by atoms with Gasteiger partial charge in [-0.2, -0.15) is 13.2 Å². The standard InChI is InChI=1S/C23H28F3N3O4S/c1-21(2,3)33-20(30)19-12-27-11-10-16(19)13-29-15-28(14-22(29,4)5)17-6-8-18(9-7-17)34(31,32)23(24,25)26/h6-12H,13-15H2,1-5H3. The van der Waals surface area contributed by atoms with E-state index in [2.05, 4.69) is 9.88 Å².